The molecule has 1 rings (SSSR count). The SMILES string of the molecule is C=C(Cc1ccc(F)cc1)N(C)/C=C/C. The van der Waals surface area contributed by atoms with Gasteiger partial charge in [0.15, 0.2) is 0 Å². The summed E-state index contributed by atoms with van der Waals surface area (Å²) in [4.78, 5) is 1.96. The van der Waals surface area contributed by atoms with Crippen LogP contribution in [0.2, 0.25) is 0 Å². The predicted octanol–water partition coefficient (Wildman–Crippen LogP) is 3.35. The highest BCUT2D eigenvalue weighted by Gasteiger charge is 2.00. The molecule has 0 unspecified atom stereocenters. The highest BCUT2D eigenvalue weighted by molar-refractivity contribution is 5.21. The molecule has 80 valence electrons. The Morgan fingerprint density at radius 2 is 2.00 bits per heavy atom. The first-order chi connectivity index (χ1) is 7.13. The Morgan fingerprint density at radius 1 is 1.40 bits per heavy atom. The molecule has 0 aliphatic heterocycles. The number of benzene rings is 1. The summed E-state index contributed by atoms with van der Waals surface area (Å²) in [6.45, 7) is 5.93. The van der Waals surface area contributed by atoms with E-state index >= 15 is 0 Å². The molecule has 1 nitrogen and oxygen atoms in total. The van der Waals surface area contributed by atoms with E-state index in [9.17, 15) is 4.39 Å². The molecule has 0 saturated heterocycles. The minimum absolute atomic E-state index is 0.203. The average molecular weight is 205 g/mol. The third-order valence-corrected chi connectivity index (χ3v) is 2.19. The van der Waals surface area contributed by atoms with Crippen LogP contribution in [0.25, 0.3) is 0 Å². The minimum Gasteiger partial charge on any atom is -0.355 e. The molecule has 0 atom stereocenters. The maximum Gasteiger partial charge on any atom is 0.123 e. The first-order valence-corrected chi connectivity index (χ1v) is 4.91. The van der Waals surface area contributed by atoms with Crippen molar-refractivity contribution in [3.8, 4) is 0 Å². The van der Waals surface area contributed by atoms with Crippen LogP contribution in [0.15, 0.2) is 48.8 Å². The number of rotatable bonds is 4. The fourth-order valence-electron chi connectivity index (χ4n) is 1.29. The molecular formula is C13H16FN. The van der Waals surface area contributed by atoms with Crippen molar-refractivity contribution < 1.29 is 4.39 Å². The van der Waals surface area contributed by atoms with Crippen molar-refractivity contribution in [2.45, 2.75) is 13.3 Å². The molecule has 0 aliphatic rings. The van der Waals surface area contributed by atoms with Gasteiger partial charge in [-0.05, 0) is 30.8 Å². The topological polar surface area (TPSA) is 3.24 Å². The van der Waals surface area contributed by atoms with E-state index in [1.807, 2.05) is 31.1 Å². The normalized spacial score (nSPS) is 10.6. The van der Waals surface area contributed by atoms with Crippen molar-refractivity contribution in [3.63, 3.8) is 0 Å². The van der Waals surface area contributed by atoms with Gasteiger partial charge in [-0.1, -0.05) is 24.8 Å². The zero-order chi connectivity index (χ0) is 11.3. The summed E-state index contributed by atoms with van der Waals surface area (Å²) in [5.74, 6) is -0.203. The van der Waals surface area contributed by atoms with E-state index < -0.39 is 0 Å². The second kappa shape index (κ2) is 5.35. The molecule has 2 heteroatoms. The summed E-state index contributed by atoms with van der Waals surface area (Å²) >= 11 is 0. The molecule has 15 heavy (non-hydrogen) atoms. The molecule has 0 saturated carbocycles. The molecular weight excluding hydrogens is 189 g/mol. The van der Waals surface area contributed by atoms with Gasteiger partial charge in [0.25, 0.3) is 0 Å². The maximum absolute atomic E-state index is 12.7. The Bertz CT molecular complexity index is 351. The van der Waals surface area contributed by atoms with Crippen LogP contribution in [0.4, 0.5) is 4.39 Å². The molecule has 0 amide bonds. The van der Waals surface area contributed by atoms with Crippen molar-refractivity contribution >= 4 is 0 Å². The van der Waals surface area contributed by atoms with E-state index in [0.717, 1.165) is 17.7 Å². The first kappa shape index (κ1) is 11.5. The van der Waals surface area contributed by atoms with Gasteiger partial charge in [0.05, 0.1) is 0 Å². The second-order valence-corrected chi connectivity index (χ2v) is 3.46. The van der Waals surface area contributed by atoms with Crippen LogP contribution in [-0.2, 0) is 6.42 Å². The summed E-state index contributed by atoms with van der Waals surface area (Å²) < 4.78 is 12.7. The van der Waals surface area contributed by atoms with Crippen LogP contribution >= 0.6 is 0 Å². The van der Waals surface area contributed by atoms with Gasteiger partial charge in [-0.3, -0.25) is 0 Å². The van der Waals surface area contributed by atoms with Gasteiger partial charge in [-0.25, -0.2) is 4.39 Å². The van der Waals surface area contributed by atoms with Gasteiger partial charge in [-0.2, -0.15) is 0 Å². The van der Waals surface area contributed by atoms with E-state index in [4.69, 9.17) is 0 Å². The summed E-state index contributed by atoms with van der Waals surface area (Å²) in [7, 11) is 1.95. The van der Waals surface area contributed by atoms with Crippen LogP contribution < -0.4 is 0 Å². The van der Waals surface area contributed by atoms with Crippen molar-refractivity contribution in [1.82, 2.24) is 4.90 Å². The number of nitrogens with zero attached hydrogens (tertiary/aromatic N) is 1. The van der Waals surface area contributed by atoms with Crippen LogP contribution in [0.5, 0.6) is 0 Å². The summed E-state index contributed by atoms with van der Waals surface area (Å²) in [5.41, 5.74) is 2.05. The van der Waals surface area contributed by atoms with E-state index in [1.165, 1.54) is 12.1 Å². The highest BCUT2D eigenvalue weighted by atomic mass is 19.1. The third kappa shape index (κ3) is 3.58. The Hall–Kier alpha value is -1.57. The van der Waals surface area contributed by atoms with Crippen LogP contribution in [-0.4, -0.2) is 11.9 Å². The minimum atomic E-state index is -0.203. The second-order valence-electron chi connectivity index (χ2n) is 3.46. The highest BCUT2D eigenvalue weighted by Crippen LogP contribution is 2.10. The Kier molecular flexibility index (Phi) is 4.10. The number of hydrogen-bond acceptors (Lipinski definition) is 1. The Labute approximate surface area is 90.5 Å². The third-order valence-electron chi connectivity index (χ3n) is 2.19. The summed E-state index contributed by atoms with van der Waals surface area (Å²) in [5, 5.41) is 0. The number of halogens is 1. The van der Waals surface area contributed by atoms with E-state index in [0.29, 0.717) is 0 Å². The Morgan fingerprint density at radius 3 is 2.53 bits per heavy atom. The van der Waals surface area contributed by atoms with E-state index in [1.54, 1.807) is 12.1 Å². The van der Waals surface area contributed by atoms with Crippen LogP contribution in [0, 0.1) is 5.82 Å². The van der Waals surface area contributed by atoms with E-state index in [2.05, 4.69) is 6.58 Å². The first-order valence-electron chi connectivity index (χ1n) is 4.91. The maximum atomic E-state index is 12.7. The molecule has 1 aromatic rings. The Balaban J connectivity index is 2.62. The number of likely N-dealkylation sites (N-methyl/N-ethyl adjacent to an activating group) is 1. The van der Waals surface area contributed by atoms with Crippen molar-refractivity contribution in [2.75, 3.05) is 7.05 Å². The van der Waals surface area contributed by atoms with Crippen molar-refractivity contribution in [2.24, 2.45) is 0 Å². The number of allylic oxidation sites excluding steroid dienone is 2. The predicted molar refractivity (Wildman–Crippen MR) is 61.8 cm³/mol. The van der Waals surface area contributed by atoms with Crippen molar-refractivity contribution in [3.05, 3.63) is 60.2 Å². The van der Waals surface area contributed by atoms with Crippen LogP contribution in [0.1, 0.15) is 12.5 Å². The lowest BCUT2D eigenvalue weighted by molar-refractivity contribution is 0.553. The molecule has 0 heterocycles. The van der Waals surface area contributed by atoms with Crippen molar-refractivity contribution in [1.29, 1.82) is 0 Å². The zero-order valence-corrected chi connectivity index (χ0v) is 9.20. The molecule has 0 bridgehead atoms. The molecule has 0 N–H and O–H groups in total. The molecule has 0 fully saturated rings. The molecule has 0 aliphatic carbocycles. The fourth-order valence-corrected chi connectivity index (χ4v) is 1.29. The molecule has 1 aromatic carbocycles. The van der Waals surface area contributed by atoms with Gasteiger partial charge >= 0.3 is 0 Å². The van der Waals surface area contributed by atoms with Gasteiger partial charge in [-0.15, -0.1) is 0 Å². The van der Waals surface area contributed by atoms with Gasteiger partial charge in [0, 0.05) is 19.2 Å². The lowest BCUT2D eigenvalue weighted by atomic mass is 10.1. The lowest BCUT2D eigenvalue weighted by Crippen LogP contribution is -2.10. The summed E-state index contributed by atoms with van der Waals surface area (Å²) in [6, 6.07) is 6.50. The summed E-state index contributed by atoms with van der Waals surface area (Å²) in [6.07, 6.45) is 4.64. The molecule has 0 spiro atoms. The lowest BCUT2D eigenvalue weighted by Gasteiger charge is -2.16. The fraction of sp³-hybridized carbons (Fsp3) is 0.231. The van der Waals surface area contributed by atoms with Crippen LogP contribution in [0.3, 0.4) is 0 Å². The largest absolute Gasteiger partial charge is 0.355 e. The standard InChI is InChI=1S/C13H16FN/c1-4-9-15(3)11(2)10-12-5-7-13(14)8-6-12/h4-9H,2,10H2,1,3H3/b9-4+. The average Bonchev–Trinajstić information content (AvgIpc) is 2.22. The zero-order valence-electron chi connectivity index (χ0n) is 9.20. The van der Waals surface area contributed by atoms with Gasteiger partial charge < -0.3 is 4.90 Å². The smallest absolute Gasteiger partial charge is 0.123 e. The van der Waals surface area contributed by atoms with Gasteiger partial charge in [0.2, 0.25) is 0 Å². The number of hydrogen-bond donors (Lipinski definition) is 0. The molecule has 0 radical (unpaired) electrons. The van der Waals surface area contributed by atoms with E-state index in [-0.39, 0.29) is 5.82 Å². The monoisotopic (exact) mass is 205 g/mol. The quantitative estimate of drug-likeness (QED) is 0.728. The van der Waals surface area contributed by atoms with Gasteiger partial charge in [0.1, 0.15) is 5.82 Å². The molecule has 0 aromatic heterocycles.